The first-order valence-corrected chi connectivity index (χ1v) is 7.39. The Hall–Kier alpha value is -1.07. The predicted molar refractivity (Wildman–Crippen MR) is 74.9 cm³/mol. The van der Waals surface area contributed by atoms with Gasteiger partial charge >= 0.3 is 0 Å². The van der Waals surface area contributed by atoms with E-state index in [1.807, 2.05) is 23.7 Å². The lowest BCUT2D eigenvalue weighted by Gasteiger charge is -2.04. The minimum Gasteiger partial charge on any atom is -0.365 e. The average Bonchev–Trinajstić information content (AvgIpc) is 2.67. The summed E-state index contributed by atoms with van der Waals surface area (Å²) < 4.78 is 0. The highest BCUT2D eigenvalue weighted by atomic mass is 32.2. The quantitative estimate of drug-likeness (QED) is 0.678. The van der Waals surface area contributed by atoms with Gasteiger partial charge < -0.3 is 5.32 Å². The number of thioether (sulfide) groups is 1. The van der Waals surface area contributed by atoms with Gasteiger partial charge in [0.2, 0.25) is 0 Å². The number of anilines is 1. The van der Waals surface area contributed by atoms with Crippen LogP contribution in [0.25, 0.3) is 0 Å². The Bertz CT molecular complexity index is 489. The maximum absolute atomic E-state index is 4.20. The molecule has 0 aromatic carbocycles. The largest absolute Gasteiger partial charge is 0.365 e. The summed E-state index contributed by atoms with van der Waals surface area (Å²) in [6.45, 7) is 5.12. The summed E-state index contributed by atoms with van der Waals surface area (Å²) in [5.41, 5.74) is 1.36. The molecule has 0 bridgehead atoms. The van der Waals surface area contributed by atoms with Crippen LogP contribution in [-0.4, -0.2) is 16.2 Å². The first kappa shape index (κ1) is 12.4. The van der Waals surface area contributed by atoms with Crippen LogP contribution < -0.4 is 5.32 Å². The van der Waals surface area contributed by atoms with Crippen LogP contribution in [0.4, 0.5) is 5.82 Å². The third-order valence-electron chi connectivity index (χ3n) is 2.51. The van der Waals surface area contributed by atoms with E-state index >= 15 is 0 Å². The van der Waals surface area contributed by atoms with Crippen molar-refractivity contribution < 1.29 is 0 Å². The summed E-state index contributed by atoms with van der Waals surface area (Å²) in [5.74, 6) is 0.882. The minimum atomic E-state index is 0.824. The van der Waals surface area contributed by atoms with Crippen LogP contribution in [0.1, 0.15) is 15.3 Å². The standard InChI is InChI=1S/C12H15N3S2/c1-8-4-10(17-9(8)2)6-13-11-5-12(16-3)15-7-14-11/h4-5,7H,6H2,1-3H3,(H,13,14,15). The fraction of sp³-hybridized carbons (Fsp3) is 0.333. The molecule has 0 atom stereocenters. The molecular weight excluding hydrogens is 250 g/mol. The molecule has 2 aromatic heterocycles. The lowest BCUT2D eigenvalue weighted by atomic mass is 10.3. The Kier molecular flexibility index (Phi) is 4.02. The van der Waals surface area contributed by atoms with Crippen LogP contribution in [0.5, 0.6) is 0 Å². The Morgan fingerprint density at radius 2 is 2.12 bits per heavy atom. The van der Waals surface area contributed by atoms with Gasteiger partial charge in [0.05, 0.1) is 6.54 Å². The lowest BCUT2D eigenvalue weighted by Crippen LogP contribution is -2.00. The van der Waals surface area contributed by atoms with E-state index < -0.39 is 0 Å². The zero-order valence-electron chi connectivity index (χ0n) is 10.2. The Morgan fingerprint density at radius 3 is 2.76 bits per heavy atom. The first-order chi connectivity index (χ1) is 8.19. The van der Waals surface area contributed by atoms with Gasteiger partial charge in [-0.25, -0.2) is 9.97 Å². The van der Waals surface area contributed by atoms with Crippen LogP contribution in [-0.2, 0) is 6.54 Å². The summed E-state index contributed by atoms with van der Waals surface area (Å²) in [7, 11) is 0. The maximum atomic E-state index is 4.20. The molecule has 90 valence electrons. The third-order valence-corrected chi connectivity index (χ3v) is 4.31. The number of nitrogens with zero attached hydrogens (tertiary/aromatic N) is 2. The van der Waals surface area contributed by atoms with E-state index in [2.05, 4.69) is 35.2 Å². The Morgan fingerprint density at radius 1 is 1.29 bits per heavy atom. The summed E-state index contributed by atoms with van der Waals surface area (Å²) in [5, 5.41) is 4.31. The molecular formula is C12H15N3S2. The fourth-order valence-electron chi connectivity index (χ4n) is 1.46. The molecule has 1 N–H and O–H groups in total. The SMILES string of the molecule is CSc1cc(NCc2cc(C)c(C)s2)ncn1. The van der Waals surface area contributed by atoms with Crippen LogP contribution in [0.2, 0.25) is 0 Å². The average molecular weight is 265 g/mol. The number of aryl methyl sites for hydroxylation is 2. The topological polar surface area (TPSA) is 37.8 Å². The van der Waals surface area contributed by atoms with E-state index in [-0.39, 0.29) is 0 Å². The molecule has 0 radical (unpaired) electrons. The van der Waals surface area contributed by atoms with Gasteiger partial charge in [-0.2, -0.15) is 0 Å². The second-order valence-corrected chi connectivity index (χ2v) is 5.92. The molecule has 5 heteroatoms. The summed E-state index contributed by atoms with van der Waals surface area (Å²) in [4.78, 5) is 11.1. The van der Waals surface area contributed by atoms with Crippen LogP contribution in [0.3, 0.4) is 0 Å². The maximum Gasteiger partial charge on any atom is 0.130 e. The van der Waals surface area contributed by atoms with E-state index in [9.17, 15) is 0 Å². The summed E-state index contributed by atoms with van der Waals surface area (Å²) in [6, 6.07) is 4.20. The molecule has 2 rings (SSSR count). The predicted octanol–water partition coefficient (Wildman–Crippen LogP) is 3.49. The highest BCUT2D eigenvalue weighted by Gasteiger charge is 2.02. The highest BCUT2D eigenvalue weighted by molar-refractivity contribution is 7.98. The molecule has 3 nitrogen and oxygen atoms in total. The van der Waals surface area contributed by atoms with Crippen LogP contribution >= 0.6 is 23.1 Å². The Balaban J connectivity index is 2.01. The smallest absolute Gasteiger partial charge is 0.130 e. The van der Waals surface area contributed by atoms with E-state index in [0.717, 1.165) is 17.4 Å². The van der Waals surface area contributed by atoms with Gasteiger partial charge in [-0.05, 0) is 31.7 Å². The molecule has 0 saturated heterocycles. The van der Waals surface area contributed by atoms with Crippen molar-refractivity contribution in [2.45, 2.75) is 25.4 Å². The molecule has 2 aromatic rings. The number of nitrogens with one attached hydrogen (secondary N) is 1. The molecule has 0 unspecified atom stereocenters. The molecule has 0 spiro atoms. The van der Waals surface area contributed by atoms with Gasteiger partial charge in [0.25, 0.3) is 0 Å². The molecule has 0 saturated carbocycles. The number of thiophene rings is 1. The number of aromatic nitrogens is 2. The van der Waals surface area contributed by atoms with E-state index in [0.29, 0.717) is 0 Å². The van der Waals surface area contributed by atoms with E-state index in [1.54, 1.807) is 18.1 Å². The van der Waals surface area contributed by atoms with Gasteiger partial charge in [0, 0.05) is 15.8 Å². The van der Waals surface area contributed by atoms with E-state index in [1.165, 1.54) is 15.3 Å². The molecule has 2 heterocycles. The van der Waals surface area contributed by atoms with E-state index in [4.69, 9.17) is 0 Å². The zero-order chi connectivity index (χ0) is 12.3. The molecule has 0 aliphatic heterocycles. The second kappa shape index (κ2) is 5.51. The lowest BCUT2D eigenvalue weighted by molar-refractivity contribution is 1.03. The first-order valence-electron chi connectivity index (χ1n) is 5.35. The zero-order valence-corrected chi connectivity index (χ0v) is 11.8. The van der Waals surface area contributed by atoms with Gasteiger partial charge in [-0.3, -0.25) is 0 Å². The van der Waals surface area contributed by atoms with Crippen molar-refractivity contribution >= 4 is 28.9 Å². The molecule has 0 aliphatic rings. The highest BCUT2D eigenvalue weighted by Crippen LogP contribution is 2.21. The normalized spacial score (nSPS) is 10.5. The van der Waals surface area contributed by atoms with Crippen molar-refractivity contribution in [3.05, 3.63) is 33.8 Å². The monoisotopic (exact) mass is 265 g/mol. The number of hydrogen-bond acceptors (Lipinski definition) is 5. The molecule has 0 amide bonds. The molecule has 17 heavy (non-hydrogen) atoms. The Labute approximate surface area is 110 Å². The van der Waals surface area contributed by atoms with Crippen molar-refractivity contribution in [1.82, 2.24) is 9.97 Å². The number of hydrogen-bond donors (Lipinski definition) is 1. The number of rotatable bonds is 4. The summed E-state index contributed by atoms with van der Waals surface area (Å²) in [6.07, 6.45) is 3.61. The van der Waals surface area contributed by atoms with Crippen molar-refractivity contribution in [3.63, 3.8) is 0 Å². The molecule has 0 fully saturated rings. The van der Waals surface area contributed by atoms with Gasteiger partial charge in [0.1, 0.15) is 17.2 Å². The summed E-state index contributed by atoms with van der Waals surface area (Å²) >= 11 is 3.46. The molecule has 0 aliphatic carbocycles. The van der Waals surface area contributed by atoms with Crippen molar-refractivity contribution in [2.24, 2.45) is 0 Å². The fourth-order valence-corrected chi connectivity index (χ4v) is 2.84. The third kappa shape index (κ3) is 3.20. The van der Waals surface area contributed by atoms with Crippen LogP contribution in [0.15, 0.2) is 23.5 Å². The van der Waals surface area contributed by atoms with Crippen LogP contribution in [0, 0.1) is 13.8 Å². The van der Waals surface area contributed by atoms with Crippen molar-refractivity contribution in [3.8, 4) is 0 Å². The van der Waals surface area contributed by atoms with Crippen molar-refractivity contribution in [2.75, 3.05) is 11.6 Å². The second-order valence-electron chi connectivity index (χ2n) is 3.75. The van der Waals surface area contributed by atoms with Gasteiger partial charge in [-0.1, -0.05) is 0 Å². The minimum absolute atomic E-state index is 0.824. The van der Waals surface area contributed by atoms with Gasteiger partial charge in [-0.15, -0.1) is 23.1 Å². The van der Waals surface area contributed by atoms with Gasteiger partial charge in [0.15, 0.2) is 0 Å². The van der Waals surface area contributed by atoms with Crippen molar-refractivity contribution in [1.29, 1.82) is 0 Å².